The first-order chi connectivity index (χ1) is 9.76. The lowest BCUT2D eigenvalue weighted by molar-refractivity contribution is -0.110. The minimum Gasteiger partial charge on any atom is -0.366 e. The lowest BCUT2D eigenvalue weighted by Crippen LogP contribution is -2.39. The Morgan fingerprint density at radius 1 is 1.50 bits per heavy atom. The number of aromatic nitrogens is 1. The highest BCUT2D eigenvalue weighted by Gasteiger charge is 2.15. The van der Waals surface area contributed by atoms with E-state index in [0.717, 1.165) is 29.6 Å². The van der Waals surface area contributed by atoms with Crippen molar-refractivity contribution < 1.29 is 4.79 Å². The number of amidine groups is 1. The Bertz CT molecular complexity index is 677. The van der Waals surface area contributed by atoms with Crippen molar-refractivity contribution in [1.29, 1.82) is 0 Å². The van der Waals surface area contributed by atoms with Gasteiger partial charge < -0.3 is 5.32 Å². The zero-order valence-electron chi connectivity index (χ0n) is 11.3. The molecule has 1 aromatic heterocycles. The van der Waals surface area contributed by atoms with Gasteiger partial charge in [-0.2, -0.15) is 0 Å². The van der Waals surface area contributed by atoms with Crippen LogP contribution in [0.5, 0.6) is 0 Å². The van der Waals surface area contributed by atoms with Crippen molar-refractivity contribution in [2.45, 2.75) is 19.8 Å². The second-order valence-corrected chi connectivity index (χ2v) is 5.67. The Labute approximate surface area is 121 Å². The first kappa shape index (κ1) is 13.1. The van der Waals surface area contributed by atoms with E-state index in [1.807, 2.05) is 6.07 Å². The number of nitrogens with one attached hydrogen (secondary N) is 2. The largest absolute Gasteiger partial charge is 0.366 e. The van der Waals surface area contributed by atoms with E-state index < -0.39 is 0 Å². The molecular weight excluding hydrogens is 272 g/mol. The summed E-state index contributed by atoms with van der Waals surface area (Å²) in [6, 6.07) is 6.19. The molecule has 0 saturated carbocycles. The minimum absolute atomic E-state index is 0.209. The number of benzene rings is 1. The third-order valence-corrected chi connectivity index (χ3v) is 4.13. The molecule has 2 N–H and O–H groups in total. The number of aliphatic imine (C=N–C) groups is 1. The average Bonchev–Trinajstić information content (AvgIpc) is 2.89. The van der Waals surface area contributed by atoms with Gasteiger partial charge in [-0.1, -0.05) is 24.3 Å². The van der Waals surface area contributed by atoms with Gasteiger partial charge in [0, 0.05) is 13.1 Å². The second kappa shape index (κ2) is 5.58. The van der Waals surface area contributed by atoms with Gasteiger partial charge in [-0.05, 0) is 30.5 Å². The van der Waals surface area contributed by atoms with Crippen molar-refractivity contribution in [3.05, 3.63) is 23.8 Å². The van der Waals surface area contributed by atoms with Crippen LogP contribution in [0.15, 0.2) is 23.2 Å². The van der Waals surface area contributed by atoms with Gasteiger partial charge in [0.15, 0.2) is 11.0 Å². The fourth-order valence-electron chi connectivity index (χ4n) is 2.08. The topological polar surface area (TPSA) is 66.4 Å². The molecule has 1 aliphatic heterocycles. The molecule has 1 amide bonds. The van der Waals surface area contributed by atoms with E-state index in [1.54, 1.807) is 0 Å². The maximum atomic E-state index is 12.0. The fraction of sp³-hybridized carbons (Fsp3) is 0.357. The van der Waals surface area contributed by atoms with Crippen LogP contribution in [0.25, 0.3) is 10.2 Å². The molecule has 6 heteroatoms. The molecule has 0 bridgehead atoms. The van der Waals surface area contributed by atoms with Crippen LogP contribution in [0.1, 0.15) is 18.9 Å². The van der Waals surface area contributed by atoms with Gasteiger partial charge >= 0.3 is 0 Å². The summed E-state index contributed by atoms with van der Waals surface area (Å²) in [5.74, 6) is 0.198. The van der Waals surface area contributed by atoms with E-state index in [9.17, 15) is 4.79 Å². The number of aryl methyl sites for hydroxylation is 1. The van der Waals surface area contributed by atoms with E-state index in [-0.39, 0.29) is 5.91 Å². The lowest BCUT2D eigenvalue weighted by atomic mass is 10.2. The number of anilines is 1. The van der Waals surface area contributed by atoms with Gasteiger partial charge in [0.05, 0.1) is 10.2 Å². The molecule has 104 valence electrons. The molecule has 0 saturated heterocycles. The number of thiazole rings is 1. The molecule has 0 aliphatic carbocycles. The molecule has 0 atom stereocenters. The molecule has 2 heterocycles. The Balaban J connectivity index is 1.80. The van der Waals surface area contributed by atoms with E-state index in [0.29, 0.717) is 17.5 Å². The van der Waals surface area contributed by atoms with E-state index in [2.05, 4.69) is 39.7 Å². The average molecular weight is 288 g/mol. The van der Waals surface area contributed by atoms with Gasteiger partial charge in [0.25, 0.3) is 5.91 Å². The third kappa shape index (κ3) is 2.65. The van der Waals surface area contributed by atoms with Crippen LogP contribution in [0.2, 0.25) is 0 Å². The Kier molecular flexibility index (Phi) is 3.64. The van der Waals surface area contributed by atoms with Crippen molar-refractivity contribution in [3.63, 3.8) is 0 Å². The molecule has 5 nitrogen and oxygen atoms in total. The Morgan fingerprint density at radius 2 is 2.40 bits per heavy atom. The van der Waals surface area contributed by atoms with Crippen molar-refractivity contribution in [3.8, 4) is 0 Å². The maximum Gasteiger partial charge on any atom is 0.292 e. The molecule has 0 spiro atoms. The van der Waals surface area contributed by atoms with Crippen LogP contribution in [-0.2, 0) is 11.2 Å². The highest BCUT2D eigenvalue weighted by molar-refractivity contribution is 7.22. The van der Waals surface area contributed by atoms with Crippen LogP contribution in [0.3, 0.4) is 0 Å². The number of rotatable bonds is 3. The van der Waals surface area contributed by atoms with Gasteiger partial charge in [-0.3, -0.25) is 15.1 Å². The van der Waals surface area contributed by atoms with Crippen LogP contribution in [-0.4, -0.2) is 29.8 Å². The fourth-order valence-corrected chi connectivity index (χ4v) is 3.01. The predicted octanol–water partition coefficient (Wildman–Crippen LogP) is 2.19. The maximum absolute atomic E-state index is 12.0. The summed E-state index contributed by atoms with van der Waals surface area (Å²) in [5.41, 5.74) is 2.19. The Morgan fingerprint density at radius 3 is 3.15 bits per heavy atom. The molecule has 1 aromatic carbocycles. The minimum atomic E-state index is -0.209. The van der Waals surface area contributed by atoms with E-state index in [1.165, 1.54) is 16.9 Å². The highest BCUT2D eigenvalue weighted by atomic mass is 32.1. The number of amides is 1. The summed E-state index contributed by atoms with van der Waals surface area (Å²) in [7, 11) is 0. The van der Waals surface area contributed by atoms with Crippen LogP contribution >= 0.6 is 11.3 Å². The number of carbonyl (C=O) groups excluding carboxylic acids is 1. The third-order valence-electron chi connectivity index (χ3n) is 3.19. The molecular formula is C14H16N4OS. The van der Waals surface area contributed by atoms with Crippen molar-refractivity contribution in [2.24, 2.45) is 4.99 Å². The van der Waals surface area contributed by atoms with Gasteiger partial charge in [-0.15, -0.1) is 0 Å². The van der Waals surface area contributed by atoms with Crippen molar-refractivity contribution in [1.82, 2.24) is 10.3 Å². The van der Waals surface area contributed by atoms with Crippen LogP contribution in [0.4, 0.5) is 5.13 Å². The van der Waals surface area contributed by atoms with Gasteiger partial charge in [-0.25, -0.2) is 4.98 Å². The van der Waals surface area contributed by atoms with Crippen LogP contribution in [0, 0.1) is 0 Å². The SMILES string of the molecule is CCc1ccc2nc(NC(=O)C3=NCCCN3)sc2c1. The summed E-state index contributed by atoms with van der Waals surface area (Å²) < 4.78 is 1.10. The molecule has 20 heavy (non-hydrogen) atoms. The molecule has 2 aromatic rings. The van der Waals surface area contributed by atoms with E-state index in [4.69, 9.17) is 0 Å². The Hall–Kier alpha value is -1.95. The monoisotopic (exact) mass is 288 g/mol. The zero-order chi connectivity index (χ0) is 13.9. The van der Waals surface area contributed by atoms with Crippen molar-refractivity contribution in [2.75, 3.05) is 18.4 Å². The van der Waals surface area contributed by atoms with Gasteiger partial charge in [0.1, 0.15) is 0 Å². The summed E-state index contributed by atoms with van der Waals surface area (Å²) in [6.07, 6.45) is 1.97. The van der Waals surface area contributed by atoms with Crippen LogP contribution < -0.4 is 10.6 Å². The lowest BCUT2D eigenvalue weighted by Gasteiger charge is -2.12. The summed E-state index contributed by atoms with van der Waals surface area (Å²) >= 11 is 1.49. The zero-order valence-corrected chi connectivity index (χ0v) is 12.1. The summed E-state index contributed by atoms with van der Waals surface area (Å²) in [6.45, 7) is 3.62. The number of hydrogen-bond donors (Lipinski definition) is 2. The molecule has 1 aliphatic rings. The van der Waals surface area contributed by atoms with Crippen molar-refractivity contribution >= 4 is 38.4 Å². The number of hydrogen-bond acceptors (Lipinski definition) is 5. The smallest absolute Gasteiger partial charge is 0.292 e. The molecule has 3 rings (SSSR count). The highest BCUT2D eigenvalue weighted by Crippen LogP contribution is 2.26. The standard InChI is InChI=1S/C14H16N4OS/c1-2-9-4-5-10-11(8-9)20-14(17-10)18-13(19)12-15-6-3-7-16-12/h4-5,8H,2-3,6-7H2,1H3,(H,15,16)(H,17,18,19). The molecule has 0 fully saturated rings. The molecule has 0 radical (unpaired) electrons. The summed E-state index contributed by atoms with van der Waals surface area (Å²) in [5, 5.41) is 6.44. The normalized spacial score (nSPS) is 14.8. The van der Waals surface area contributed by atoms with Gasteiger partial charge in [0.2, 0.25) is 0 Å². The quantitative estimate of drug-likeness (QED) is 0.910. The first-order valence-electron chi connectivity index (χ1n) is 6.75. The predicted molar refractivity (Wildman–Crippen MR) is 82.5 cm³/mol. The molecule has 0 unspecified atom stereocenters. The number of fused-ring (bicyclic) bond motifs is 1. The summed E-state index contributed by atoms with van der Waals surface area (Å²) in [4.78, 5) is 20.6. The first-order valence-corrected chi connectivity index (χ1v) is 7.57. The second-order valence-electron chi connectivity index (χ2n) is 4.64. The van der Waals surface area contributed by atoms with E-state index >= 15 is 0 Å². The number of carbonyl (C=O) groups is 1. The number of nitrogens with zero attached hydrogens (tertiary/aromatic N) is 2.